The van der Waals surface area contributed by atoms with E-state index in [1.54, 1.807) is 0 Å². The Morgan fingerprint density at radius 1 is 0.652 bits per heavy atom. The zero-order valence-electron chi connectivity index (χ0n) is 28.8. The molecule has 0 aliphatic carbocycles. The summed E-state index contributed by atoms with van der Waals surface area (Å²) in [5.41, 5.74) is 0. The molecule has 0 spiro atoms. The second-order valence-corrected chi connectivity index (χ2v) is 13.4. The van der Waals surface area contributed by atoms with Crippen LogP contribution in [0.5, 0.6) is 0 Å². The summed E-state index contributed by atoms with van der Waals surface area (Å²) in [6.45, 7) is 2.28. The molecule has 0 bridgehead atoms. The average molecular weight is 677 g/mol. The molecule has 0 radical (unpaired) electrons. The van der Waals surface area contributed by atoms with E-state index in [1.165, 1.54) is 51.4 Å². The lowest BCUT2D eigenvalue weighted by Gasteiger charge is -2.20. The quantitative estimate of drug-likeness (QED) is 0.0268. The van der Waals surface area contributed by atoms with E-state index in [0.29, 0.717) is 12.8 Å². The molecule has 0 rings (SSSR count). The number of hydrogen-bond donors (Lipinski definition) is 3. The van der Waals surface area contributed by atoms with E-state index in [-0.39, 0.29) is 19.4 Å². The van der Waals surface area contributed by atoms with Crippen molar-refractivity contribution in [3.63, 3.8) is 0 Å². The minimum absolute atomic E-state index is 0.168. The van der Waals surface area contributed by atoms with Crippen molar-refractivity contribution in [2.75, 3.05) is 26.4 Å². The van der Waals surface area contributed by atoms with Crippen LogP contribution in [0.2, 0.25) is 0 Å². The lowest BCUT2D eigenvalue weighted by Crippen LogP contribution is -2.29. The van der Waals surface area contributed by atoms with Crippen molar-refractivity contribution in [3.8, 4) is 0 Å². The second-order valence-electron chi connectivity index (χ2n) is 11.9. The molecule has 0 heterocycles. The lowest BCUT2D eigenvalue weighted by atomic mass is 10.1. The summed E-state index contributed by atoms with van der Waals surface area (Å²) >= 11 is 0. The fourth-order valence-electron chi connectivity index (χ4n) is 4.57. The van der Waals surface area contributed by atoms with E-state index in [0.717, 1.165) is 57.8 Å². The Balaban J connectivity index is 4.41. The van der Waals surface area contributed by atoms with E-state index in [9.17, 15) is 24.2 Å². The Morgan fingerprint density at radius 3 is 1.65 bits per heavy atom. The Kier molecular flexibility index (Phi) is 30.9. The third kappa shape index (κ3) is 31.1. The summed E-state index contributed by atoms with van der Waals surface area (Å²) in [5.74, 6) is -0.948. The van der Waals surface area contributed by atoms with Crippen molar-refractivity contribution >= 4 is 19.8 Å². The predicted molar refractivity (Wildman–Crippen MR) is 182 cm³/mol. The molecule has 1 unspecified atom stereocenters. The highest BCUT2D eigenvalue weighted by atomic mass is 31.2. The van der Waals surface area contributed by atoms with E-state index in [1.807, 2.05) is 0 Å². The molecule has 3 atom stereocenters. The molecule has 0 aromatic heterocycles. The number of aliphatic hydroxyl groups is 2. The highest BCUT2D eigenvalue weighted by molar-refractivity contribution is 7.47. The van der Waals surface area contributed by atoms with Crippen LogP contribution >= 0.6 is 7.82 Å². The van der Waals surface area contributed by atoms with Crippen molar-refractivity contribution in [2.24, 2.45) is 0 Å². The monoisotopic (exact) mass is 676 g/mol. The third-order valence-corrected chi connectivity index (χ3v) is 8.34. The number of esters is 2. The van der Waals surface area contributed by atoms with Crippen LogP contribution in [0.1, 0.15) is 149 Å². The molecular formula is C35H65O10P. The second kappa shape index (κ2) is 32.0. The predicted octanol–water partition coefficient (Wildman–Crippen LogP) is 8.27. The van der Waals surface area contributed by atoms with Crippen LogP contribution in [-0.2, 0) is 32.7 Å². The van der Waals surface area contributed by atoms with Crippen molar-refractivity contribution in [3.05, 3.63) is 24.3 Å². The Bertz CT molecular complexity index is 832. The van der Waals surface area contributed by atoms with Gasteiger partial charge in [-0.2, -0.15) is 0 Å². The minimum atomic E-state index is -4.61. The Labute approximate surface area is 278 Å². The molecule has 0 saturated carbocycles. The number of phosphoric acid groups is 1. The van der Waals surface area contributed by atoms with Crippen LogP contribution < -0.4 is 0 Å². The smallest absolute Gasteiger partial charge is 0.462 e. The number of phosphoric ester groups is 1. The normalized spacial score (nSPS) is 14.5. The highest BCUT2D eigenvalue weighted by Gasteiger charge is 2.27. The Morgan fingerprint density at radius 2 is 1.11 bits per heavy atom. The number of aliphatic hydroxyl groups excluding tert-OH is 2. The van der Waals surface area contributed by atoms with Gasteiger partial charge in [-0.1, -0.05) is 122 Å². The first-order valence-corrected chi connectivity index (χ1v) is 19.3. The number of carbonyl (C=O) groups excluding carboxylic acids is 2. The van der Waals surface area contributed by atoms with Crippen LogP contribution in [-0.4, -0.2) is 65.7 Å². The van der Waals surface area contributed by atoms with Crippen molar-refractivity contribution < 1.29 is 47.8 Å². The highest BCUT2D eigenvalue weighted by Crippen LogP contribution is 2.43. The molecule has 46 heavy (non-hydrogen) atoms. The van der Waals surface area contributed by atoms with Crippen molar-refractivity contribution in [1.29, 1.82) is 0 Å². The molecule has 0 saturated heterocycles. The molecule has 11 heteroatoms. The van der Waals surface area contributed by atoms with Crippen LogP contribution in [0.25, 0.3) is 0 Å². The number of hydrogen-bond acceptors (Lipinski definition) is 9. The molecule has 0 aromatic rings. The fraction of sp³-hybridized carbons (Fsp3) is 0.829. The summed E-state index contributed by atoms with van der Waals surface area (Å²) in [4.78, 5) is 34.6. The average Bonchev–Trinajstić information content (AvgIpc) is 3.04. The number of ether oxygens (including phenoxy) is 2. The summed E-state index contributed by atoms with van der Waals surface area (Å²) in [5, 5.41) is 18.2. The van der Waals surface area contributed by atoms with Gasteiger partial charge in [0.1, 0.15) is 12.7 Å². The van der Waals surface area contributed by atoms with Gasteiger partial charge in [0.2, 0.25) is 0 Å². The van der Waals surface area contributed by atoms with E-state index < -0.39 is 51.8 Å². The molecule has 3 N–H and O–H groups in total. The SMILES string of the molecule is CCCCCC/C=C/C=C/CCCCCCCC(=O)O[C@H](COC(=O)CCCCCCCCCC)COP(=O)(O)OC[C@@H](O)CO. The maximum absolute atomic E-state index is 12.5. The van der Waals surface area contributed by atoms with Gasteiger partial charge < -0.3 is 24.6 Å². The van der Waals surface area contributed by atoms with Gasteiger partial charge in [-0.15, -0.1) is 0 Å². The number of rotatable bonds is 33. The molecule has 10 nitrogen and oxygen atoms in total. The standard InChI is InChI=1S/C35H65O10P/c1-3-5-7-9-11-13-14-15-16-17-18-19-21-23-25-27-35(39)45-33(31-44-46(40,41)43-29-32(37)28-36)30-42-34(38)26-24-22-20-12-10-8-6-4-2/h13-16,32-33,36-37H,3-12,17-31H2,1-2H3,(H,40,41)/b14-13+,16-15+/t32-,33+/m0/s1. The van der Waals surface area contributed by atoms with Gasteiger partial charge in [-0.05, 0) is 38.5 Å². The van der Waals surface area contributed by atoms with E-state index >= 15 is 0 Å². The molecule has 0 aromatic carbocycles. The number of carbonyl (C=O) groups is 2. The molecule has 270 valence electrons. The van der Waals surface area contributed by atoms with Crippen LogP contribution in [0.3, 0.4) is 0 Å². The largest absolute Gasteiger partial charge is 0.472 e. The minimum Gasteiger partial charge on any atom is -0.462 e. The lowest BCUT2D eigenvalue weighted by molar-refractivity contribution is -0.161. The van der Waals surface area contributed by atoms with Crippen LogP contribution in [0, 0.1) is 0 Å². The van der Waals surface area contributed by atoms with Crippen molar-refractivity contribution in [2.45, 2.75) is 161 Å². The molecule has 0 aliphatic rings. The maximum Gasteiger partial charge on any atom is 0.472 e. The molecule has 0 aliphatic heterocycles. The van der Waals surface area contributed by atoms with Crippen molar-refractivity contribution in [1.82, 2.24) is 0 Å². The van der Waals surface area contributed by atoms with Crippen LogP contribution in [0.4, 0.5) is 0 Å². The number of allylic oxidation sites excluding steroid dienone is 4. The summed E-state index contributed by atoms with van der Waals surface area (Å²) < 4.78 is 32.4. The third-order valence-electron chi connectivity index (χ3n) is 7.39. The van der Waals surface area contributed by atoms with Gasteiger partial charge in [0, 0.05) is 12.8 Å². The van der Waals surface area contributed by atoms with Crippen LogP contribution in [0.15, 0.2) is 24.3 Å². The zero-order valence-corrected chi connectivity index (χ0v) is 29.7. The molecule has 0 amide bonds. The maximum atomic E-state index is 12.5. The summed E-state index contributed by atoms with van der Waals surface area (Å²) in [6.07, 6.45) is 27.3. The Hall–Kier alpha value is -1.55. The van der Waals surface area contributed by atoms with Gasteiger partial charge in [-0.25, -0.2) is 4.57 Å². The van der Waals surface area contributed by atoms with E-state index in [2.05, 4.69) is 42.7 Å². The number of unbranched alkanes of at least 4 members (excludes halogenated alkanes) is 16. The topological polar surface area (TPSA) is 149 Å². The van der Waals surface area contributed by atoms with Gasteiger partial charge in [-0.3, -0.25) is 18.6 Å². The summed E-state index contributed by atoms with van der Waals surface area (Å²) in [7, 11) is -4.61. The van der Waals surface area contributed by atoms with Gasteiger partial charge in [0.15, 0.2) is 6.10 Å². The van der Waals surface area contributed by atoms with E-state index in [4.69, 9.17) is 19.1 Å². The summed E-state index contributed by atoms with van der Waals surface area (Å²) in [6, 6.07) is 0. The first kappa shape index (κ1) is 44.5. The molecular weight excluding hydrogens is 611 g/mol. The first-order chi connectivity index (χ1) is 22.2. The zero-order chi connectivity index (χ0) is 34.1. The van der Waals surface area contributed by atoms with Gasteiger partial charge in [0.25, 0.3) is 0 Å². The first-order valence-electron chi connectivity index (χ1n) is 17.8. The molecule has 0 fully saturated rings. The van der Waals surface area contributed by atoms with Gasteiger partial charge in [0.05, 0.1) is 19.8 Å². The van der Waals surface area contributed by atoms with Gasteiger partial charge >= 0.3 is 19.8 Å². The fourth-order valence-corrected chi connectivity index (χ4v) is 5.36.